The average Bonchev–Trinajstić information content (AvgIpc) is 2.63. The Morgan fingerprint density at radius 2 is 2.27 bits per heavy atom. The van der Waals surface area contributed by atoms with Crippen LogP contribution in [0.15, 0.2) is 30.6 Å². The van der Waals surface area contributed by atoms with E-state index in [0.717, 1.165) is 23.5 Å². The first-order chi connectivity index (χ1) is 7.33. The van der Waals surface area contributed by atoms with E-state index in [9.17, 15) is 0 Å². The number of aromatic nitrogens is 3. The van der Waals surface area contributed by atoms with E-state index in [4.69, 9.17) is 0 Å². The third-order valence-electron chi connectivity index (χ3n) is 2.35. The summed E-state index contributed by atoms with van der Waals surface area (Å²) in [6.07, 6.45) is 3.65. The molecule has 15 heavy (non-hydrogen) atoms. The van der Waals surface area contributed by atoms with E-state index in [1.54, 1.807) is 6.20 Å². The van der Waals surface area contributed by atoms with E-state index in [1.807, 2.05) is 43.2 Å². The van der Waals surface area contributed by atoms with Crippen LogP contribution in [0.5, 0.6) is 0 Å². The molecule has 2 aromatic heterocycles. The van der Waals surface area contributed by atoms with Gasteiger partial charge in [-0.3, -0.25) is 9.67 Å². The van der Waals surface area contributed by atoms with Crippen LogP contribution in [0, 0.1) is 0 Å². The summed E-state index contributed by atoms with van der Waals surface area (Å²) < 4.78 is 1.88. The predicted octanol–water partition coefficient (Wildman–Crippen LogP) is 1.20. The molecular weight excluding hydrogens is 188 g/mol. The second-order valence-electron chi connectivity index (χ2n) is 3.37. The highest BCUT2D eigenvalue weighted by atomic mass is 15.3. The zero-order chi connectivity index (χ0) is 10.7. The molecule has 2 heterocycles. The van der Waals surface area contributed by atoms with Gasteiger partial charge in [-0.25, -0.2) is 0 Å². The molecule has 0 atom stereocenters. The molecule has 0 bridgehead atoms. The predicted molar refractivity (Wildman–Crippen MR) is 59.2 cm³/mol. The van der Waals surface area contributed by atoms with Gasteiger partial charge in [0.1, 0.15) is 0 Å². The summed E-state index contributed by atoms with van der Waals surface area (Å²) in [6, 6.07) is 5.90. The van der Waals surface area contributed by atoms with Crippen molar-refractivity contribution in [1.82, 2.24) is 20.1 Å². The smallest absolute Gasteiger partial charge is 0.0736 e. The maximum atomic E-state index is 4.32. The lowest BCUT2D eigenvalue weighted by molar-refractivity contribution is 0.673. The molecule has 0 aromatic carbocycles. The zero-order valence-corrected chi connectivity index (χ0v) is 8.94. The molecule has 78 valence electrons. The van der Waals surface area contributed by atoms with Gasteiger partial charge in [0.25, 0.3) is 0 Å². The Morgan fingerprint density at radius 1 is 1.40 bits per heavy atom. The molecule has 4 heteroatoms. The van der Waals surface area contributed by atoms with E-state index in [2.05, 4.69) is 15.4 Å². The first-order valence-corrected chi connectivity index (χ1v) is 4.90. The van der Waals surface area contributed by atoms with Crippen LogP contribution in [0.25, 0.3) is 11.3 Å². The molecule has 0 saturated heterocycles. The Hall–Kier alpha value is -1.68. The van der Waals surface area contributed by atoms with Gasteiger partial charge in [0.15, 0.2) is 0 Å². The van der Waals surface area contributed by atoms with Crippen molar-refractivity contribution in [2.24, 2.45) is 7.05 Å². The van der Waals surface area contributed by atoms with E-state index in [0.29, 0.717) is 0 Å². The Balaban J connectivity index is 2.44. The van der Waals surface area contributed by atoms with Crippen LogP contribution in [0.4, 0.5) is 0 Å². The van der Waals surface area contributed by atoms with Gasteiger partial charge >= 0.3 is 0 Å². The van der Waals surface area contributed by atoms with Crippen LogP contribution in [0.1, 0.15) is 5.69 Å². The molecule has 0 aliphatic carbocycles. The summed E-state index contributed by atoms with van der Waals surface area (Å²) in [5.74, 6) is 0. The van der Waals surface area contributed by atoms with Crippen LogP contribution >= 0.6 is 0 Å². The number of pyridine rings is 1. The Kier molecular flexibility index (Phi) is 2.78. The van der Waals surface area contributed by atoms with Crippen molar-refractivity contribution >= 4 is 0 Å². The van der Waals surface area contributed by atoms with Gasteiger partial charge in [0.05, 0.1) is 17.6 Å². The van der Waals surface area contributed by atoms with Crippen molar-refractivity contribution < 1.29 is 0 Å². The summed E-state index contributed by atoms with van der Waals surface area (Å²) in [5, 5.41) is 7.38. The van der Waals surface area contributed by atoms with E-state index in [-0.39, 0.29) is 0 Å². The SMILES string of the molecule is CNCc1c(-c2ccccn2)cnn1C. The third-order valence-corrected chi connectivity index (χ3v) is 2.35. The van der Waals surface area contributed by atoms with E-state index >= 15 is 0 Å². The molecule has 2 aromatic rings. The normalized spacial score (nSPS) is 10.5. The molecule has 0 amide bonds. The van der Waals surface area contributed by atoms with Gasteiger partial charge < -0.3 is 5.32 Å². The Morgan fingerprint density at radius 3 is 2.93 bits per heavy atom. The van der Waals surface area contributed by atoms with Crippen molar-refractivity contribution in [2.45, 2.75) is 6.54 Å². The van der Waals surface area contributed by atoms with Gasteiger partial charge in [-0.05, 0) is 19.2 Å². The van der Waals surface area contributed by atoms with Crippen molar-refractivity contribution in [3.63, 3.8) is 0 Å². The molecular formula is C11H14N4. The van der Waals surface area contributed by atoms with Gasteiger partial charge in [-0.1, -0.05) is 6.07 Å². The molecule has 2 rings (SSSR count). The molecule has 0 unspecified atom stereocenters. The summed E-state index contributed by atoms with van der Waals surface area (Å²) in [4.78, 5) is 4.32. The lowest BCUT2D eigenvalue weighted by Gasteiger charge is -2.04. The molecule has 0 aliphatic rings. The van der Waals surface area contributed by atoms with Crippen molar-refractivity contribution in [3.8, 4) is 11.3 Å². The van der Waals surface area contributed by atoms with Crippen molar-refractivity contribution in [3.05, 3.63) is 36.3 Å². The highest BCUT2D eigenvalue weighted by Gasteiger charge is 2.09. The Bertz CT molecular complexity index is 433. The summed E-state index contributed by atoms with van der Waals surface area (Å²) in [6.45, 7) is 0.794. The minimum absolute atomic E-state index is 0.794. The molecule has 0 fully saturated rings. The van der Waals surface area contributed by atoms with Gasteiger partial charge in [0.2, 0.25) is 0 Å². The third kappa shape index (κ3) is 1.89. The molecule has 1 N–H and O–H groups in total. The lowest BCUT2D eigenvalue weighted by atomic mass is 10.1. The maximum absolute atomic E-state index is 4.32. The van der Waals surface area contributed by atoms with Crippen LogP contribution in [0.3, 0.4) is 0 Å². The fourth-order valence-electron chi connectivity index (χ4n) is 1.58. The molecule has 4 nitrogen and oxygen atoms in total. The molecule has 0 saturated carbocycles. The fourth-order valence-corrected chi connectivity index (χ4v) is 1.58. The summed E-state index contributed by atoms with van der Waals surface area (Å²) in [7, 11) is 3.87. The van der Waals surface area contributed by atoms with Crippen LogP contribution in [-0.2, 0) is 13.6 Å². The molecule has 0 radical (unpaired) electrons. The van der Waals surface area contributed by atoms with Crippen LogP contribution in [-0.4, -0.2) is 21.8 Å². The first-order valence-electron chi connectivity index (χ1n) is 4.90. The van der Waals surface area contributed by atoms with E-state index < -0.39 is 0 Å². The average molecular weight is 202 g/mol. The minimum Gasteiger partial charge on any atom is -0.314 e. The highest BCUT2D eigenvalue weighted by molar-refractivity contribution is 5.60. The second kappa shape index (κ2) is 4.23. The highest BCUT2D eigenvalue weighted by Crippen LogP contribution is 2.20. The van der Waals surface area contributed by atoms with Crippen molar-refractivity contribution in [2.75, 3.05) is 7.05 Å². The van der Waals surface area contributed by atoms with Crippen molar-refractivity contribution in [1.29, 1.82) is 0 Å². The second-order valence-corrected chi connectivity index (χ2v) is 3.37. The number of nitrogens with one attached hydrogen (secondary N) is 1. The summed E-state index contributed by atoms with van der Waals surface area (Å²) in [5.41, 5.74) is 3.21. The number of rotatable bonds is 3. The topological polar surface area (TPSA) is 42.7 Å². The first kappa shape index (κ1) is 9.86. The quantitative estimate of drug-likeness (QED) is 0.813. The Labute approximate surface area is 89.0 Å². The largest absolute Gasteiger partial charge is 0.314 e. The fraction of sp³-hybridized carbons (Fsp3) is 0.273. The number of aryl methyl sites for hydroxylation is 1. The van der Waals surface area contributed by atoms with Crippen LogP contribution in [0.2, 0.25) is 0 Å². The van der Waals surface area contributed by atoms with Gasteiger partial charge in [0, 0.05) is 25.4 Å². The molecule has 0 spiro atoms. The standard InChI is InChI=1S/C11H14N4/c1-12-8-11-9(7-14-15(11)2)10-5-3-4-6-13-10/h3-7,12H,8H2,1-2H3. The number of nitrogens with zero attached hydrogens (tertiary/aromatic N) is 3. The van der Waals surface area contributed by atoms with Gasteiger partial charge in [-0.15, -0.1) is 0 Å². The molecule has 0 aliphatic heterocycles. The number of hydrogen-bond acceptors (Lipinski definition) is 3. The summed E-state index contributed by atoms with van der Waals surface area (Å²) >= 11 is 0. The maximum Gasteiger partial charge on any atom is 0.0736 e. The minimum atomic E-state index is 0.794. The zero-order valence-electron chi connectivity index (χ0n) is 8.94. The van der Waals surface area contributed by atoms with Crippen LogP contribution < -0.4 is 5.32 Å². The number of hydrogen-bond donors (Lipinski definition) is 1. The van der Waals surface area contributed by atoms with E-state index in [1.165, 1.54) is 0 Å². The monoisotopic (exact) mass is 202 g/mol. The lowest BCUT2D eigenvalue weighted by Crippen LogP contribution is -2.10. The van der Waals surface area contributed by atoms with Gasteiger partial charge in [-0.2, -0.15) is 5.10 Å².